The van der Waals surface area contributed by atoms with Crippen molar-refractivity contribution >= 4 is 27.0 Å². The van der Waals surface area contributed by atoms with Crippen LogP contribution in [0.2, 0.25) is 0 Å². The van der Waals surface area contributed by atoms with E-state index in [0.717, 1.165) is 10.4 Å². The van der Waals surface area contributed by atoms with Gasteiger partial charge in [-0.05, 0) is 56.3 Å². The summed E-state index contributed by atoms with van der Waals surface area (Å²) in [5, 5.41) is 3.01. The van der Waals surface area contributed by atoms with Crippen LogP contribution in [0.15, 0.2) is 28.5 Å². The molecule has 2 aromatic rings. The van der Waals surface area contributed by atoms with Gasteiger partial charge in [0.25, 0.3) is 10.0 Å². The summed E-state index contributed by atoms with van der Waals surface area (Å²) in [4.78, 5) is 0.980. The maximum Gasteiger partial charge on any atom is 0.271 e. The number of rotatable bonds is 5. The van der Waals surface area contributed by atoms with Gasteiger partial charge in [-0.2, -0.15) is 0 Å². The lowest BCUT2D eigenvalue weighted by Crippen LogP contribution is -2.11. The Morgan fingerprint density at radius 2 is 1.90 bits per heavy atom. The molecular weight excluding hydrogens is 311 g/mol. The molecule has 1 aromatic carbocycles. The van der Waals surface area contributed by atoms with Gasteiger partial charge in [0, 0.05) is 17.1 Å². The Kier molecular flexibility index (Phi) is 4.65. The second kappa shape index (κ2) is 6.13. The van der Waals surface area contributed by atoms with Crippen molar-refractivity contribution in [1.82, 2.24) is 5.32 Å². The highest BCUT2D eigenvalue weighted by Crippen LogP contribution is 2.28. The minimum atomic E-state index is -3.64. The third-order valence-corrected chi connectivity index (χ3v) is 6.10. The molecule has 0 radical (unpaired) electrons. The molecule has 4 nitrogen and oxygen atoms in total. The van der Waals surface area contributed by atoms with Crippen molar-refractivity contribution in [2.45, 2.75) is 24.6 Å². The van der Waals surface area contributed by atoms with Gasteiger partial charge in [0.05, 0.1) is 0 Å². The van der Waals surface area contributed by atoms with Gasteiger partial charge >= 0.3 is 0 Å². The third-order valence-electron chi connectivity index (χ3n) is 3.01. The van der Waals surface area contributed by atoms with E-state index in [-0.39, 0.29) is 10.0 Å². The average Bonchev–Trinajstić information content (AvgIpc) is 2.77. The standard InChI is InChI=1S/C14H17FN2O2S2/c1-9-6-11(4-5-12(9)15)17-21(18,19)14-7-10(2)13(20-14)8-16-3/h4-7,16-17H,8H2,1-3H3. The molecular formula is C14H17FN2O2S2. The fourth-order valence-electron chi connectivity index (χ4n) is 1.87. The summed E-state index contributed by atoms with van der Waals surface area (Å²) in [6, 6.07) is 5.78. The molecule has 2 rings (SSSR count). The highest BCUT2D eigenvalue weighted by atomic mass is 32.2. The van der Waals surface area contributed by atoms with Crippen LogP contribution in [0.5, 0.6) is 0 Å². The number of anilines is 1. The third kappa shape index (κ3) is 3.61. The maximum absolute atomic E-state index is 13.2. The molecule has 0 amide bonds. The lowest BCUT2D eigenvalue weighted by molar-refractivity contribution is 0.602. The van der Waals surface area contributed by atoms with Crippen molar-refractivity contribution in [3.8, 4) is 0 Å². The Labute approximate surface area is 128 Å². The summed E-state index contributed by atoms with van der Waals surface area (Å²) in [6.07, 6.45) is 0. The van der Waals surface area contributed by atoms with Crippen molar-refractivity contribution in [2.75, 3.05) is 11.8 Å². The van der Waals surface area contributed by atoms with Crippen LogP contribution in [0.4, 0.5) is 10.1 Å². The topological polar surface area (TPSA) is 58.2 Å². The van der Waals surface area contributed by atoms with Gasteiger partial charge in [0.2, 0.25) is 0 Å². The quantitative estimate of drug-likeness (QED) is 0.887. The first-order chi connectivity index (χ1) is 9.83. The summed E-state index contributed by atoms with van der Waals surface area (Å²) >= 11 is 1.23. The summed E-state index contributed by atoms with van der Waals surface area (Å²) in [7, 11) is -1.83. The molecule has 1 heterocycles. The Bertz CT molecular complexity index is 754. The highest BCUT2D eigenvalue weighted by molar-refractivity contribution is 7.94. The summed E-state index contributed by atoms with van der Waals surface area (Å²) in [5.41, 5.74) is 1.69. The van der Waals surface area contributed by atoms with E-state index >= 15 is 0 Å². The number of benzene rings is 1. The second-order valence-corrected chi connectivity index (χ2v) is 7.82. The van der Waals surface area contributed by atoms with E-state index in [1.807, 2.05) is 14.0 Å². The normalized spacial score (nSPS) is 11.6. The Morgan fingerprint density at radius 1 is 1.19 bits per heavy atom. The second-order valence-electron chi connectivity index (χ2n) is 4.77. The number of hydrogen-bond acceptors (Lipinski definition) is 4. The largest absolute Gasteiger partial charge is 0.315 e. The molecule has 0 aliphatic heterocycles. The van der Waals surface area contributed by atoms with E-state index in [1.54, 1.807) is 13.0 Å². The number of aryl methyl sites for hydroxylation is 2. The van der Waals surface area contributed by atoms with Crippen LogP contribution in [0.3, 0.4) is 0 Å². The van der Waals surface area contributed by atoms with E-state index in [9.17, 15) is 12.8 Å². The zero-order chi connectivity index (χ0) is 15.6. The van der Waals surface area contributed by atoms with Gasteiger partial charge in [0.15, 0.2) is 0 Å². The number of halogens is 1. The van der Waals surface area contributed by atoms with Crippen molar-refractivity contribution in [1.29, 1.82) is 0 Å². The number of nitrogens with one attached hydrogen (secondary N) is 2. The van der Waals surface area contributed by atoms with Gasteiger partial charge in [-0.3, -0.25) is 4.72 Å². The molecule has 1 aromatic heterocycles. The van der Waals surface area contributed by atoms with E-state index in [1.165, 1.54) is 29.5 Å². The van der Waals surface area contributed by atoms with E-state index < -0.39 is 10.0 Å². The monoisotopic (exact) mass is 328 g/mol. The summed E-state index contributed by atoms with van der Waals surface area (Å²) in [6.45, 7) is 4.10. The molecule has 0 atom stereocenters. The molecule has 2 N–H and O–H groups in total. The van der Waals surface area contributed by atoms with Crippen molar-refractivity contribution in [2.24, 2.45) is 0 Å². The van der Waals surface area contributed by atoms with Crippen LogP contribution in [0.25, 0.3) is 0 Å². The van der Waals surface area contributed by atoms with Crippen LogP contribution in [0, 0.1) is 19.7 Å². The Balaban J connectivity index is 2.29. The molecule has 7 heteroatoms. The van der Waals surface area contributed by atoms with Crippen LogP contribution in [0.1, 0.15) is 16.0 Å². The predicted molar refractivity (Wildman–Crippen MR) is 83.8 cm³/mol. The summed E-state index contributed by atoms with van der Waals surface area (Å²) in [5.74, 6) is -0.360. The minimum absolute atomic E-state index is 0.257. The molecule has 0 fully saturated rings. The van der Waals surface area contributed by atoms with Crippen LogP contribution >= 0.6 is 11.3 Å². The number of thiophene rings is 1. The van der Waals surface area contributed by atoms with Crippen molar-refractivity contribution in [3.63, 3.8) is 0 Å². The van der Waals surface area contributed by atoms with E-state index in [0.29, 0.717) is 17.8 Å². The maximum atomic E-state index is 13.2. The lowest BCUT2D eigenvalue weighted by atomic mass is 10.2. The van der Waals surface area contributed by atoms with Crippen LogP contribution in [-0.2, 0) is 16.6 Å². The first-order valence-electron chi connectivity index (χ1n) is 6.36. The van der Waals surface area contributed by atoms with Crippen LogP contribution in [-0.4, -0.2) is 15.5 Å². The van der Waals surface area contributed by atoms with E-state index in [2.05, 4.69) is 10.0 Å². The molecule has 0 aliphatic carbocycles. The van der Waals surface area contributed by atoms with Crippen LogP contribution < -0.4 is 10.0 Å². The predicted octanol–water partition coefficient (Wildman–Crippen LogP) is 3.02. The van der Waals surface area contributed by atoms with Gasteiger partial charge < -0.3 is 5.32 Å². The highest BCUT2D eigenvalue weighted by Gasteiger charge is 2.19. The molecule has 21 heavy (non-hydrogen) atoms. The van der Waals surface area contributed by atoms with E-state index in [4.69, 9.17) is 0 Å². The van der Waals surface area contributed by atoms with Crippen molar-refractivity contribution < 1.29 is 12.8 Å². The molecule has 0 aliphatic rings. The van der Waals surface area contributed by atoms with Gasteiger partial charge in [0.1, 0.15) is 10.0 Å². The fourth-order valence-corrected chi connectivity index (χ4v) is 4.52. The molecule has 0 unspecified atom stereocenters. The summed E-state index contributed by atoms with van der Waals surface area (Å²) < 4.78 is 40.7. The molecule has 0 spiro atoms. The Morgan fingerprint density at radius 3 is 2.52 bits per heavy atom. The smallest absolute Gasteiger partial charge is 0.271 e. The van der Waals surface area contributed by atoms with Gasteiger partial charge in [-0.25, -0.2) is 12.8 Å². The first-order valence-corrected chi connectivity index (χ1v) is 8.66. The van der Waals surface area contributed by atoms with Gasteiger partial charge in [-0.15, -0.1) is 11.3 Å². The Hall–Kier alpha value is -1.44. The average molecular weight is 328 g/mol. The van der Waals surface area contributed by atoms with Crippen molar-refractivity contribution in [3.05, 3.63) is 46.1 Å². The molecule has 0 saturated heterocycles. The fraction of sp³-hybridized carbons (Fsp3) is 0.286. The lowest BCUT2D eigenvalue weighted by Gasteiger charge is -2.07. The molecule has 0 saturated carbocycles. The zero-order valence-corrected chi connectivity index (χ0v) is 13.7. The van der Waals surface area contributed by atoms with Gasteiger partial charge in [-0.1, -0.05) is 0 Å². The first kappa shape index (κ1) is 15.9. The zero-order valence-electron chi connectivity index (χ0n) is 12.0. The molecule has 0 bridgehead atoms. The minimum Gasteiger partial charge on any atom is -0.315 e. The SMILES string of the molecule is CNCc1sc(S(=O)(=O)Nc2ccc(F)c(C)c2)cc1C. The molecule has 114 valence electrons. The number of sulfonamides is 1. The number of hydrogen-bond donors (Lipinski definition) is 2.